The van der Waals surface area contributed by atoms with E-state index in [9.17, 15) is 4.79 Å². The molecule has 3 heteroatoms. The first-order valence-electron chi connectivity index (χ1n) is 9.57. The number of nitrogens with zero attached hydrogens (tertiary/aromatic N) is 2. The summed E-state index contributed by atoms with van der Waals surface area (Å²) in [6, 6.07) is 30.7. The number of imidazole rings is 1. The first-order valence-corrected chi connectivity index (χ1v) is 9.57. The molecule has 0 N–H and O–H groups in total. The predicted molar refractivity (Wildman–Crippen MR) is 116 cm³/mol. The second kappa shape index (κ2) is 7.72. The molecule has 29 heavy (non-hydrogen) atoms. The highest BCUT2D eigenvalue weighted by Gasteiger charge is 2.41. The van der Waals surface area contributed by atoms with Crippen molar-refractivity contribution in [3.05, 3.63) is 138 Å². The van der Waals surface area contributed by atoms with Gasteiger partial charge in [-0.2, -0.15) is 0 Å². The molecule has 0 fully saturated rings. The predicted octanol–water partition coefficient (Wildman–Crippen LogP) is 5.40. The van der Waals surface area contributed by atoms with Crippen molar-refractivity contribution in [2.45, 2.75) is 12.5 Å². The van der Waals surface area contributed by atoms with Crippen LogP contribution in [-0.4, -0.2) is 15.3 Å². The molecule has 3 nitrogen and oxygen atoms in total. The standard InChI is InChI=1S/C26H22N2O/c1-3-25(29)24-19-27-20(2)28(24)26(21-13-7-4-8-14-21,22-15-9-5-10-16-22)23-17-11-6-12-18-23/h3-19H,1H2,2H3. The minimum Gasteiger partial charge on any atom is -0.307 e. The normalized spacial score (nSPS) is 11.2. The van der Waals surface area contributed by atoms with E-state index < -0.39 is 5.54 Å². The summed E-state index contributed by atoms with van der Waals surface area (Å²) in [4.78, 5) is 17.3. The van der Waals surface area contributed by atoms with Crippen LogP contribution in [0.1, 0.15) is 33.0 Å². The molecule has 0 spiro atoms. The van der Waals surface area contributed by atoms with Gasteiger partial charge < -0.3 is 4.57 Å². The Morgan fingerprint density at radius 1 is 0.828 bits per heavy atom. The van der Waals surface area contributed by atoms with Crippen molar-refractivity contribution in [3.8, 4) is 0 Å². The fourth-order valence-electron chi connectivity index (χ4n) is 4.07. The Balaban J connectivity index is 2.21. The number of carbonyl (C=O) groups excluding carboxylic acids is 1. The smallest absolute Gasteiger partial charge is 0.203 e. The van der Waals surface area contributed by atoms with E-state index in [4.69, 9.17) is 0 Å². The highest BCUT2D eigenvalue weighted by atomic mass is 16.1. The largest absolute Gasteiger partial charge is 0.307 e. The number of ketones is 1. The fourth-order valence-corrected chi connectivity index (χ4v) is 4.07. The summed E-state index contributed by atoms with van der Waals surface area (Å²) in [6.45, 7) is 5.63. The quantitative estimate of drug-likeness (QED) is 0.256. The second-order valence-corrected chi connectivity index (χ2v) is 6.90. The number of hydrogen-bond acceptors (Lipinski definition) is 2. The van der Waals surface area contributed by atoms with Crippen molar-refractivity contribution in [2.75, 3.05) is 0 Å². The highest BCUT2D eigenvalue weighted by molar-refractivity contribution is 6.03. The lowest BCUT2D eigenvalue weighted by Crippen LogP contribution is -2.40. The van der Waals surface area contributed by atoms with Gasteiger partial charge in [0.25, 0.3) is 0 Å². The van der Waals surface area contributed by atoms with Gasteiger partial charge in [0.2, 0.25) is 5.78 Å². The van der Waals surface area contributed by atoms with Crippen molar-refractivity contribution in [1.29, 1.82) is 0 Å². The third kappa shape index (κ3) is 3.01. The Hall–Kier alpha value is -3.72. The van der Waals surface area contributed by atoms with E-state index in [1.54, 1.807) is 6.20 Å². The number of allylic oxidation sites excluding steroid dienone is 1. The van der Waals surface area contributed by atoms with Gasteiger partial charge in [-0.05, 0) is 29.7 Å². The topological polar surface area (TPSA) is 34.9 Å². The summed E-state index contributed by atoms with van der Waals surface area (Å²) in [5.41, 5.74) is 2.91. The third-order valence-electron chi connectivity index (χ3n) is 5.29. The molecule has 0 aliphatic rings. The molecule has 3 aromatic carbocycles. The Labute approximate surface area is 171 Å². The van der Waals surface area contributed by atoms with E-state index in [0.29, 0.717) is 5.69 Å². The monoisotopic (exact) mass is 378 g/mol. The number of aryl methyl sites for hydroxylation is 1. The fraction of sp³-hybridized carbons (Fsp3) is 0.0769. The van der Waals surface area contributed by atoms with Crippen LogP contribution in [0, 0.1) is 6.92 Å². The number of carbonyl (C=O) groups is 1. The van der Waals surface area contributed by atoms with E-state index >= 15 is 0 Å². The lowest BCUT2D eigenvalue weighted by Gasteiger charge is -2.39. The molecule has 0 bridgehead atoms. The Bertz CT molecular complexity index is 1030. The molecular weight excluding hydrogens is 356 g/mol. The van der Waals surface area contributed by atoms with Gasteiger partial charge in [-0.1, -0.05) is 97.6 Å². The molecular formula is C26H22N2O. The molecule has 4 rings (SSSR count). The van der Waals surface area contributed by atoms with Crippen molar-refractivity contribution >= 4 is 5.78 Å². The van der Waals surface area contributed by atoms with Gasteiger partial charge in [0.15, 0.2) is 0 Å². The van der Waals surface area contributed by atoms with Crippen molar-refractivity contribution in [2.24, 2.45) is 0 Å². The zero-order valence-corrected chi connectivity index (χ0v) is 16.3. The maximum absolute atomic E-state index is 12.8. The van der Waals surface area contributed by atoms with Gasteiger partial charge >= 0.3 is 0 Å². The maximum Gasteiger partial charge on any atom is 0.203 e. The van der Waals surface area contributed by atoms with Crippen LogP contribution in [0.4, 0.5) is 0 Å². The Morgan fingerprint density at radius 2 is 1.24 bits per heavy atom. The van der Waals surface area contributed by atoms with Crippen LogP contribution < -0.4 is 0 Å². The van der Waals surface area contributed by atoms with Gasteiger partial charge in [0, 0.05) is 0 Å². The summed E-state index contributed by atoms with van der Waals surface area (Å²) in [5, 5.41) is 0. The van der Waals surface area contributed by atoms with Gasteiger partial charge in [-0.15, -0.1) is 0 Å². The number of rotatable bonds is 6. The van der Waals surface area contributed by atoms with Gasteiger partial charge in [-0.3, -0.25) is 4.79 Å². The number of benzene rings is 3. The van der Waals surface area contributed by atoms with Gasteiger partial charge in [0.05, 0.1) is 6.20 Å². The molecule has 142 valence electrons. The van der Waals surface area contributed by atoms with Crippen LogP contribution in [0.3, 0.4) is 0 Å². The summed E-state index contributed by atoms with van der Waals surface area (Å²) in [5.74, 6) is 0.601. The van der Waals surface area contributed by atoms with Crippen molar-refractivity contribution < 1.29 is 4.79 Å². The molecule has 0 saturated carbocycles. The van der Waals surface area contributed by atoms with Crippen LogP contribution in [0.5, 0.6) is 0 Å². The van der Waals surface area contributed by atoms with Crippen LogP contribution >= 0.6 is 0 Å². The molecule has 4 aromatic rings. The van der Waals surface area contributed by atoms with Crippen LogP contribution in [0.2, 0.25) is 0 Å². The number of aromatic nitrogens is 2. The van der Waals surface area contributed by atoms with Gasteiger partial charge in [0.1, 0.15) is 17.1 Å². The van der Waals surface area contributed by atoms with E-state index in [0.717, 1.165) is 22.5 Å². The summed E-state index contributed by atoms with van der Waals surface area (Å²) < 4.78 is 2.04. The lowest BCUT2D eigenvalue weighted by molar-refractivity contribution is 0.103. The first-order chi connectivity index (χ1) is 14.2. The molecule has 1 aromatic heterocycles. The Kier molecular flexibility index (Phi) is 4.96. The van der Waals surface area contributed by atoms with Crippen LogP contribution in [-0.2, 0) is 5.54 Å². The number of hydrogen-bond donors (Lipinski definition) is 0. The molecule has 0 radical (unpaired) electrons. The molecule has 0 saturated heterocycles. The minimum atomic E-state index is -0.752. The van der Waals surface area contributed by atoms with Crippen LogP contribution in [0.25, 0.3) is 0 Å². The van der Waals surface area contributed by atoms with Crippen LogP contribution in [0.15, 0.2) is 110 Å². The van der Waals surface area contributed by atoms with E-state index in [2.05, 4.69) is 48.0 Å². The first kappa shape index (κ1) is 18.6. The summed E-state index contributed by atoms with van der Waals surface area (Å²) >= 11 is 0. The zero-order chi connectivity index (χ0) is 20.3. The highest BCUT2D eigenvalue weighted by Crippen LogP contribution is 2.42. The molecule has 1 heterocycles. The summed E-state index contributed by atoms with van der Waals surface area (Å²) in [7, 11) is 0. The van der Waals surface area contributed by atoms with Gasteiger partial charge in [-0.25, -0.2) is 4.98 Å². The summed E-state index contributed by atoms with van der Waals surface area (Å²) in [6.07, 6.45) is 2.99. The molecule has 0 aliphatic heterocycles. The zero-order valence-electron chi connectivity index (χ0n) is 16.3. The lowest BCUT2D eigenvalue weighted by atomic mass is 9.76. The van der Waals surface area contributed by atoms with Crippen molar-refractivity contribution in [3.63, 3.8) is 0 Å². The molecule has 0 amide bonds. The minimum absolute atomic E-state index is 0.155. The average molecular weight is 378 g/mol. The third-order valence-corrected chi connectivity index (χ3v) is 5.29. The molecule has 0 atom stereocenters. The SMILES string of the molecule is C=CC(=O)c1cnc(C)n1C(c1ccccc1)(c1ccccc1)c1ccccc1. The average Bonchev–Trinajstić information content (AvgIpc) is 3.18. The second-order valence-electron chi connectivity index (χ2n) is 6.90. The molecule has 0 aliphatic carbocycles. The van der Waals surface area contributed by atoms with E-state index in [-0.39, 0.29) is 5.78 Å². The molecule has 0 unspecified atom stereocenters. The maximum atomic E-state index is 12.8. The van der Waals surface area contributed by atoms with E-state index in [1.165, 1.54) is 6.08 Å². The van der Waals surface area contributed by atoms with E-state index in [1.807, 2.05) is 66.1 Å². The Morgan fingerprint density at radius 3 is 1.62 bits per heavy atom. The van der Waals surface area contributed by atoms with Crippen molar-refractivity contribution in [1.82, 2.24) is 9.55 Å².